The van der Waals surface area contributed by atoms with Crippen LogP contribution in [-0.4, -0.2) is 44.2 Å². The van der Waals surface area contributed by atoms with Crippen molar-refractivity contribution >= 4 is 27.5 Å². The molecule has 0 radical (unpaired) electrons. The summed E-state index contributed by atoms with van der Waals surface area (Å²) in [6, 6.07) is 5.98. The largest absolute Gasteiger partial charge is 0.352 e. The number of nitrogens with zero attached hydrogens (tertiary/aromatic N) is 1. The molecule has 1 saturated carbocycles. The van der Waals surface area contributed by atoms with E-state index in [0.717, 1.165) is 23.6 Å². The molecule has 0 saturated heterocycles. The minimum absolute atomic E-state index is 0.0768. The van der Waals surface area contributed by atoms with Crippen LogP contribution in [0.1, 0.15) is 39.5 Å². The highest BCUT2D eigenvalue weighted by Crippen LogP contribution is 2.24. The summed E-state index contributed by atoms with van der Waals surface area (Å²) in [7, 11) is -2.38. The van der Waals surface area contributed by atoms with Gasteiger partial charge in [0.2, 0.25) is 21.8 Å². The summed E-state index contributed by atoms with van der Waals surface area (Å²) in [5, 5.41) is 5.54. The minimum Gasteiger partial charge on any atom is -0.352 e. The first-order valence-corrected chi connectivity index (χ1v) is 10.3. The number of nitrogens with one attached hydrogen (secondary N) is 2. The number of benzene rings is 1. The number of hydrogen-bond acceptors (Lipinski definition) is 4. The van der Waals surface area contributed by atoms with E-state index in [1.807, 2.05) is 0 Å². The molecule has 1 aromatic rings. The Morgan fingerprint density at radius 1 is 1.15 bits per heavy atom. The second kappa shape index (κ2) is 8.64. The molecule has 2 atom stereocenters. The van der Waals surface area contributed by atoms with Crippen molar-refractivity contribution in [2.24, 2.45) is 5.92 Å². The molecule has 0 unspecified atom stereocenters. The normalized spacial score (nSPS) is 20.6. The highest BCUT2D eigenvalue weighted by Gasteiger charge is 2.26. The summed E-state index contributed by atoms with van der Waals surface area (Å²) in [6.45, 7) is 3.27. The zero-order valence-corrected chi connectivity index (χ0v) is 16.3. The molecule has 7 nitrogen and oxygen atoms in total. The Hall–Kier alpha value is -1.93. The SMILES string of the molecule is CC(=O)Nc1ccc(S(=O)(=O)N(C)CC(=O)N[C@@H]2CCCC[C@@H]2C)cc1. The highest BCUT2D eigenvalue weighted by atomic mass is 32.2. The lowest BCUT2D eigenvalue weighted by Crippen LogP contribution is -2.46. The van der Waals surface area contributed by atoms with Crippen LogP contribution < -0.4 is 10.6 Å². The molecular weight excluding hydrogens is 354 g/mol. The van der Waals surface area contributed by atoms with Crippen molar-refractivity contribution < 1.29 is 18.0 Å². The Morgan fingerprint density at radius 2 is 1.77 bits per heavy atom. The van der Waals surface area contributed by atoms with Crippen molar-refractivity contribution in [1.29, 1.82) is 0 Å². The Bertz CT molecular complexity index is 746. The summed E-state index contributed by atoms with van der Waals surface area (Å²) >= 11 is 0. The standard InChI is InChI=1S/C18H27N3O4S/c1-13-6-4-5-7-17(13)20-18(23)12-21(3)26(24,25)16-10-8-15(9-11-16)19-14(2)22/h8-11,13,17H,4-7,12H2,1-3H3,(H,19,22)(H,20,23)/t13-,17+/m0/s1. The third kappa shape index (κ3) is 5.28. The number of sulfonamides is 1. The van der Waals surface area contributed by atoms with Gasteiger partial charge in [-0.1, -0.05) is 19.8 Å². The predicted molar refractivity (Wildman–Crippen MR) is 100 cm³/mol. The Balaban J connectivity index is 1.99. The van der Waals surface area contributed by atoms with Crippen LogP contribution >= 0.6 is 0 Å². The van der Waals surface area contributed by atoms with Crippen LogP contribution in [0.15, 0.2) is 29.2 Å². The van der Waals surface area contributed by atoms with E-state index in [1.165, 1.54) is 44.7 Å². The van der Waals surface area contributed by atoms with Gasteiger partial charge in [-0.05, 0) is 43.0 Å². The monoisotopic (exact) mass is 381 g/mol. The van der Waals surface area contributed by atoms with Crippen LogP contribution in [0.4, 0.5) is 5.69 Å². The van der Waals surface area contributed by atoms with E-state index in [9.17, 15) is 18.0 Å². The Morgan fingerprint density at radius 3 is 2.35 bits per heavy atom. The average molecular weight is 381 g/mol. The molecule has 1 aliphatic carbocycles. The van der Waals surface area contributed by atoms with Gasteiger partial charge in [0.15, 0.2) is 0 Å². The molecule has 2 rings (SSSR count). The molecular formula is C18H27N3O4S. The summed E-state index contributed by atoms with van der Waals surface area (Å²) in [6.07, 6.45) is 4.29. The maximum absolute atomic E-state index is 12.6. The molecule has 2 N–H and O–H groups in total. The lowest BCUT2D eigenvalue weighted by atomic mass is 9.86. The van der Waals surface area contributed by atoms with Gasteiger partial charge in [-0.2, -0.15) is 4.31 Å². The van der Waals surface area contributed by atoms with E-state index in [-0.39, 0.29) is 29.3 Å². The Kier molecular flexibility index (Phi) is 6.77. The van der Waals surface area contributed by atoms with Gasteiger partial charge in [0, 0.05) is 25.7 Å². The van der Waals surface area contributed by atoms with Crippen molar-refractivity contribution in [3.8, 4) is 0 Å². The number of carbonyl (C=O) groups excluding carboxylic acids is 2. The van der Waals surface area contributed by atoms with Gasteiger partial charge >= 0.3 is 0 Å². The number of rotatable bonds is 6. The van der Waals surface area contributed by atoms with E-state index < -0.39 is 10.0 Å². The highest BCUT2D eigenvalue weighted by molar-refractivity contribution is 7.89. The number of anilines is 1. The first kappa shape index (κ1) is 20.4. The van der Waals surface area contributed by atoms with Crippen LogP contribution in [0.25, 0.3) is 0 Å². The van der Waals surface area contributed by atoms with Crippen molar-refractivity contribution in [3.63, 3.8) is 0 Å². The zero-order chi connectivity index (χ0) is 19.3. The van der Waals surface area contributed by atoms with Crippen LogP contribution in [0.2, 0.25) is 0 Å². The van der Waals surface area contributed by atoms with Gasteiger partial charge in [-0.25, -0.2) is 8.42 Å². The van der Waals surface area contributed by atoms with Crippen molar-refractivity contribution in [3.05, 3.63) is 24.3 Å². The molecule has 1 aromatic carbocycles. The fourth-order valence-corrected chi connectivity index (χ4v) is 4.29. The molecule has 0 heterocycles. The molecule has 0 spiro atoms. The molecule has 0 aromatic heterocycles. The van der Waals surface area contributed by atoms with E-state index in [2.05, 4.69) is 17.6 Å². The maximum atomic E-state index is 12.6. The van der Waals surface area contributed by atoms with Crippen LogP contribution in [0.3, 0.4) is 0 Å². The zero-order valence-electron chi connectivity index (χ0n) is 15.5. The first-order chi connectivity index (χ1) is 12.2. The molecule has 144 valence electrons. The first-order valence-electron chi connectivity index (χ1n) is 8.83. The van der Waals surface area contributed by atoms with Crippen molar-refractivity contribution in [2.75, 3.05) is 18.9 Å². The molecule has 0 aliphatic heterocycles. The van der Waals surface area contributed by atoms with Crippen LogP contribution in [0, 0.1) is 5.92 Å². The summed E-state index contributed by atoms with van der Waals surface area (Å²) in [4.78, 5) is 23.4. The molecule has 0 bridgehead atoms. The number of amides is 2. The number of likely N-dealkylation sites (N-methyl/N-ethyl adjacent to an activating group) is 1. The lowest BCUT2D eigenvalue weighted by Gasteiger charge is -2.30. The summed E-state index contributed by atoms with van der Waals surface area (Å²) in [5.41, 5.74) is 0.517. The Labute approximate surface area is 155 Å². The van der Waals surface area contributed by atoms with Crippen molar-refractivity contribution in [2.45, 2.75) is 50.5 Å². The van der Waals surface area contributed by atoms with Gasteiger partial charge in [0.25, 0.3) is 0 Å². The summed E-state index contributed by atoms with van der Waals surface area (Å²) < 4.78 is 26.3. The van der Waals surface area contributed by atoms with Gasteiger partial charge in [0.05, 0.1) is 11.4 Å². The van der Waals surface area contributed by atoms with Crippen LogP contribution in [-0.2, 0) is 19.6 Å². The number of hydrogen-bond donors (Lipinski definition) is 2. The topological polar surface area (TPSA) is 95.6 Å². The summed E-state index contributed by atoms with van der Waals surface area (Å²) in [5.74, 6) is -0.105. The quantitative estimate of drug-likeness (QED) is 0.787. The van der Waals surface area contributed by atoms with Gasteiger partial charge in [0.1, 0.15) is 0 Å². The maximum Gasteiger partial charge on any atom is 0.243 e. The number of carbonyl (C=O) groups is 2. The van der Waals surface area contributed by atoms with E-state index >= 15 is 0 Å². The smallest absolute Gasteiger partial charge is 0.243 e. The van der Waals surface area contributed by atoms with Gasteiger partial charge < -0.3 is 10.6 Å². The fraction of sp³-hybridized carbons (Fsp3) is 0.556. The lowest BCUT2D eigenvalue weighted by molar-refractivity contribution is -0.122. The van der Waals surface area contributed by atoms with Crippen LogP contribution in [0.5, 0.6) is 0 Å². The molecule has 26 heavy (non-hydrogen) atoms. The predicted octanol–water partition coefficient (Wildman–Crippen LogP) is 1.96. The molecule has 2 amide bonds. The molecule has 8 heteroatoms. The van der Waals surface area contributed by atoms with E-state index in [4.69, 9.17) is 0 Å². The second-order valence-electron chi connectivity index (χ2n) is 6.90. The average Bonchev–Trinajstić information content (AvgIpc) is 2.57. The minimum atomic E-state index is -3.77. The van der Waals surface area contributed by atoms with Gasteiger partial charge in [-0.15, -0.1) is 0 Å². The third-order valence-corrected chi connectivity index (χ3v) is 6.52. The van der Waals surface area contributed by atoms with Gasteiger partial charge in [-0.3, -0.25) is 9.59 Å². The van der Waals surface area contributed by atoms with E-state index in [1.54, 1.807) is 0 Å². The molecule has 1 fully saturated rings. The fourth-order valence-electron chi connectivity index (χ4n) is 3.16. The molecule has 1 aliphatic rings. The third-order valence-electron chi connectivity index (χ3n) is 4.71. The van der Waals surface area contributed by atoms with Crippen molar-refractivity contribution in [1.82, 2.24) is 9.62 Å². The van der Waals surface area contributed by atoms with E-state index in [0.29, 0.717) is 11.6 Å². The second-order valence-corrected chi connectivity index (χ2v) is 8.95.